The molecule has 1 aliphatic heterocycles. The van der Waals surface area contributed by atoms with Crippen LogP contribution < -0.4 is 15.2 Å². The van der Waals surface area contributed by atoms with Crippen molar-refractivity contribution >= 4 is 37.0 Å². The number of rotatable bonds is 6. The molecule has 130 valence electrons. The maximum absolute atomic E-state index is 12.9. The smallest absolute Gasteiger partial charge is 0.344 e. The van der Waals surface area contributed by atoms with Gasteiger partial charge in [-0.15, -0.1) is 0 Å². The molecule has 0 fully saturated rings. The lowest BCUT2D eigenvalue weighted by Gasteiger charge is -2.18. The molecule has 7 heteroatoms. The van der Waals surface area contributed by atoms with Gasteiger partial charge < -0.3 is 9.84 Å². The van der Waals surface area contributed by atoms with E-state index in [1.807, 2.05) is 30.3 Å². The molecule has 0 amide bonds. The van der Waals surface area contributed by atoms with E-state index in [0.29, 0.717) is 12.0 Å². The maximum atomic E-state index is 12.9. The van der Waals surface area contributed by atoms with Gasteiger partial charge in [0, 0.05) is 6.21 Å². The van der Waals surface area contributed by atoms with Crippen LogP contribution in [0, 0.1) is 5.92 Å². The summed E-state index contributed by atoms with van der Waals surface area (Å²) in [6.45, 7) is 1.80. The number of ether oxygens (including phenoxy) is 1. The first kappa shape index (κ1) is 17.7. The number of hydrogen-bond donors (Lipinski definition) is 1. The first-order valence-electron chi connectivity index (χ1n) is 8.15. The highest BCUT2D eigenvalue weighted by atomic mass is 16.5. The topological polar surface area (TPSA) is 79.2 Å². The lowest BCUT2D eigenvalue weighted by Crippen LogP contribution is -2.27. The molecule has 1 N–H and O–H groups in total. The number of nitrogens with zero attached hydrogens (tertiary/aromatic N) is 2. The number of benzene rings is 2. The Balaban J connectivity index is 1.81. The summed E-state index contributed by atoms with van der Waals surface area (Å²) in [7, 11) is 5.80. The Morgan fingerprint density at radius 2 is 2.00 bits per heavy atom. The largest absolute Gasteiger partial charge is 0.479 e. The van der Waals surface area contributed by atoms with Gasteiger partial charge in [-0.05, 0) is 25.1 Å². The third-order valence-corrected chi connectivity index (χ3v) is 4.07. The molecule has 2 unspecified atom stereocenters. The molecule has 0 aliphatic carbocycles. The van der Waals surface area contributed by atoms with Crippen LogP contribution in [-0.2, 0) is 4.79 Å². The van der Waals surface area contributed by atoms with Gasteiger partial charge in [-0.3, -0.25) is 9.80 Å². The van der Waals surface area contributed by atoms with Crippen molar-refractivity contribution in [2.24, 2.45) is 11.0 Å². The fourth-order valence-corrected chi connectivity index (χ4v) is 2.65. The van der Waals surface area contributed by atoms with Crippen LogP contribution in [0.25, 0.3) is 0 Å². The molecule has 0 bridgehead atoms. The zero-order chi connectivity index (χ0) is 18.7. The Labute approximate surface area is 152 Å². The van der Waals surface area contributed by atoms with Crippen molar-refractivity contribution < 1.29 is 19.4 Å². The Morgan fingerprint density at radius 3 is 2.69 bits per heavy atom. The number of anilines is 1. The standard InChI is InChI=1S/C19H17BN2O4/c1-12(19(24)25)26-17-8-7-14(20)9-16(17)18(23)13-10-21-22(11-13)15-5-3-2-4-6-15/h2-10,12-13H,11H2,1H3,(H,24,25). The van der Waals surface area contributed by atoms with E-state index in [1.54, 1.807) is 17.3 Å². The molecule has 26 heavy (non-hydrogen) atoms. The first-order valence-corrected chi connectivity index (χ1v) is 8.15. The van der Waals surface area contributed by atoms with Crippen molar-refractivity contribution in [2.75, 3.05) is 11.6 Å². The molecule has 1 heterocycles. The van der Waals surface area contributed by atoms with Gasteiger partial charge in [0.1, 0.15) is 13.6 Å². The number of ketones is 1. The zero-order valence-electron chi connectivity index (χ0n) is 14.2. The van der Waals surface area contributed by atoms with Gasteiger partial charge in [0.2, 0.25) is 0 Å². The van der Waals surface area contributed by atoms with Crippen molar-refractivity contribution in [3.63, 3.8) is 0 Å². The molecule has 2 radical (unpaired) electrons. The molecule has 1 aliphatic rings. The molecular weight excluding hydrogens is 331 g/mol. The van der Waals surface area contributed by atoms with E-state index in [0.717, 1.165) is 5.69 Å². The molecule has 0 spiro atoms. The third kappa shape index (κ3) is 3.77. The Hall–Kier alpha value is -3.09. The molecular formula is C19H17BN2O4. The predicted octanol–water partition coefficient (Wildman–Crippen LogP) is 1.64. The minimum Gasteiger partial charge on any atom is -0.479 e. The molecule has 0 saturated carbocycles. The van der Waals surface area contributed by atoms with Crippen molar-refractivity contribution in [3.05, 3.63) is 54.1 Å². The summed E-state index contributed by atoms with van der Waals surface area (Å²) in [4.78, 5) is 24.0. The van der Waals surface area contributed by atoms with E-state index in [9.17, 15) is 9.59 Å². The first-order chi connectivity index (χ1) is 12.5. The predicted molar refractivity (Wildman–Crippen MR) is 99.7 cm³/mol. The van der Waals surface area contributed by atoms with Gasteiger partial charge in [0.15, 0.2) is 11.9 Å². The van der Waals surface area contributed by atoms with Gasteiger partial charge in [-0.25, -0.2) is 4.79 Å². The van der Waals surface area contributed by atoms with Crippen LogP contribution in [0.2, 0.25) is 0 Å². The van der Waals surface area contributed by atoms with Crippen molar-refractivity contribution in [1.29, 1.82) is 0 Å². The van der Waals surface area contributed by atoms with E-state index < -0.39 is 18.0 Å². The van der Waals surface area contributed by atoms with Crippen LogP contribution in [0.4, 0.5) is 5.69 Å². The summed E-state index contributed by atoms with van der Waals surface area (Å²) >= 11 is 0. The minimum atomic E-state index is -1.11. The average molecular weight is 348 g/mol. The van der Waals surface area contributed by atoms with Crippen LogP contribution in [0.3, 0.4) is 0 Å². The van der Waals surface area contributed by atoms with Crippen molar-refractivity contribution in [2.45, 2.75) is 13.0 Å². The van der Waals surface area contributed by atoms with E-state index >= 15 is 0 Å². The fourth-order valence-electron chi connectivity index (χ4n) is 2.65. The minimum absolute atomic E-state index is 0.200. The maximum Gasteiger partial charge on any atom is 0.344 e. The fraction of sp³-hybridized carbons (Fsp3) is 0.211. The SMILES string of the molecule is [B]c1ccc(OC(C)C(=O)O)c(C(=O)C2C=NN(c3ccccc3)C2)c1. The van der Waals surface area contributed by atoms with Crippen LogP contribution in [0.15, 0.2) is 53.6 Å². The number of hydrazone groups is 1. The zero-order valence-corrected chi connectivity index (χ0v) is 14.2. The van der Waals surface area contributed by atoms with Gasteiger partial charge in [0.05, 0.1) is 23.7 Å². The van der Waals surface area contributed by atoms with E-state index in [-0.39, 0.29) is 17.1 Å². The van der Waals surface area contributed by atoms with Crippen molar-refractivity contribution in [3.8, 4) is 5.75 Å². The van der Waals surface area contributed by atoms with Gasteiger partial charge in [-0.1, -0.05) is 35.8 Å². The third-order valence-electron chi connectivity index (χ3n) is 4.07. The number of Topliss-reactive ketones (excluding diaryl/α,β-unsaturated/α-hetero) is 1. The molecule has 2 aromatic carbocycles. The highest BCUT2D eigenvalue weighted by Gasteiger charge is 2.29. The Kier molecular flexibility index (Phi) is 5.07. The average Bonchev–Trinajstić information content (AvgIpc) is 3.13. The van der Waals surface area contributed by atoms with Crippen LogP contribution >= 0.6 is 0 Å². The summed E-state index contributed by atoms with van der Waals surface area (Å²) in [6, 6.07) is 14.1. The Bertz CT molecular complexity index is 854. The van der Waals surface area contributed by atoms with E-state index in [2.05, 4.69) is 5.10 Å². The summed E-state index contributed by atoms with van der Waals surface area (Å²) in [5.74, 6) is -1.60. The lowest BCUT2D eigenvalue weighted by molar-refractivity contribution is -0.144. The number of carbonyl (C=O) groups is 2. The molecule has 2 aromatic rings. The molecule has 0 saturated heterocycles. The van der Waals surface area contributed by atoms with Crippen molar-refractivity contribution in [1.82, 2.24) is 0 Å². The quantitative estimate of drug-likeness (QED) is 0.634. The monoisotopic (exact) mass is 348 g/mol. The second-order valence-corrected chi connectivity index (χ2v) is 6.01. The molecule has 6 nitrogen and oxygen atoms in total. The van der Waals surface area contributed by atoms with Crippen LogP contribution in [0.5, 0.6) is 5.75 Å². The summed E-state index contributed by atoms with van der Waals surface area (Å²) in [6.07, 6.45) is 0.506. The molecule has 3 rings (SSSR count). The van der Waals surface area contributed by atoms with E-state index in [1.165, 1.54) is 19.1 Å². The normalized spacial score (nSPS) is 17.1. The second-order valence-electron chi connectivity index (χ2n) is 6.01. The number of hydrogen-bond acceptors (Lipinski definition) is 5. The number of carbonyl (C=O) groups excluding carboxylic acids is 1. The molecule has 2 atom stereocenters. The summed E-state index contributed by atoms with van der Waals surface area (Å²) < 4.78 is 5.42. The van der Waals surface area contributed by atoms with Crippen LogP contribution in [0.1, 0.15) is 17.3 Å². The number of aliphatic carboxylic acids is 1. The highest BCUT2D eigenvalue weighted by Crippen LogP contribution is 2.25. The van der Waals surface area contributed by atoms with E-state index in [4.69, 9.17) is 17.7 Å². The lowest BCUT2D eigenvalue weighted by atomic mass is 9.90. The summed E-state index contributed by atoms with van der Waals surface area (Å²) in [5.41, 5.74) is 1.55. The van der Waals surface area contributed by atoms with Gasteiger partial charge >= 0.3 is 5.97 Å². The Morgan fingerprint density at radius 1 is 1.27 bits per heavy atom. The van der Waals surface area contributed by atoms with Gasteiger partial charge in [-0.2, -0.15) is 5.10 Å². The number of carboxylic acid groups (broad SMARTS) is 1. The van der Waals surface area contributed by atoms with Crippen LogP contribution in [-0.4, -0.2) is 43.6 Å². The number of para-hydroxylation sites is 1. The number of carboxylic acids is 1. The second kappa shape index (κ2) is 7.43. The highest BCUT2D eigenvalue weighted by molar-refractivity contribution is 6.33. The van der Waals surface area contributed by atoms with Gasteiger partial charge in [0.25, 0.3) is 0 Å². The summed E-state index contributed by atoms with van der Waals surface area (Å²) in [5, 5.41) is 15.1. The molecule has 0 aromatic heterocycles.